The smallest absolute Gasteiger partial charge is 0.274 e. The number of aliphatic hydroxyl groups is 1. The van der Waals surface area contributed by atoms with Crippen LogP contribution in [-0.4, -0.2) is 81.7 Å². The van der Waals surface area contributed by atoms with E-state index in [1.54, 1.807) is 14.3 Å². The first kappa shape index (κ1) is 35.8. The van der Waals surface area contributed by atoms with Crippen molar-refractivity contribution in [3.63, 3.8) is 0 Å². The van der Waals surface area contributed by atoms with Crippen molar-refractivity contribution in [3.05, 3.63) is 113 Å². The van der Waals surface area contributed by atoms with Gasteiger partial charge in [0.25, 0.3) is 11.8 Å². The predicted molar refractivity (Wildman–Crippen MR) is 205 cm³/mol. The number of amides is 2. The Balaban J connectivity index is 1.32. The number of rotatable bonds is 14. The SMILES string of the molecule is CCCCN(CCCC)C(=O)c1cc(C)n(-c2ccc(N[SiH2]c3ccc(-c4ccn(C)n4)cc3)cc2C(=O)N2Cc3ccccc3CC2CO)n1. The van der Waals surface area contributed by atoms with Crippen molar-refractivity contribution in [2.75, 3.05) is 24.7 Å². The summed E-state index contributed by atoms with van der Waals surface area (Å²) in [6.07, 6.45) is 6.40. The van der Waals surface area contributed by atoms with Crippen molar-refractivity contribution in [2.24, 2.45) is 7.05 Å². The number of carbonyl (C=O) groups is 2. The molecule has 6 rings (SSSR count). The van der Waals surface area contributed by atoms with Crippen molar-refractivity contribution >= 4 is 32.4 Å². The first-order valence-corrected chi connectivity index (χ1v) is 19.5. The number of nitrogens with zero attached hydrogens (tertiary/aromatic N) is 6. The van der Waals surface area contributed by atoms with Crippen LogP contribution in [0.25, 0.3) is 16.9 Å². The van der Waals surface area contributed by atoms with Crippen molar-refractivity contribution in [1.82, 2.24) is 29.4 Å². The van der Waals surface area contributed by atoms with Gasteiger partial charge in [0, 0.05) is 49.8 Å². The summed E-state index contributed by atoms with van der Waals surface area (Å²) in [7, 11) is 0.968. The maximum absolute atomic E-state index is 14.6. The summed E-state index contributed by atoms with van der Waals surface area (Å²) in [6, 6.07) is 25.8. The molecule has 5 aromatic rings. The number of fused-ring (bicyclic) bond motifs is 1. The second-order valence-corrected chi connectivity index (χ2v) is 15.0. The largest absolute Gasteiger partial charge is 0.412 e. The number of carbonyl (C=O) groups excluding carboxylic acids is 2. The van der Waals surface area contributed by atoms with Crippen LogP contribution >= 0.6 is 0 Å². The first-order chi connectivity index (χ1) is 24.8. The third-order valence-corrected chi connectivity index (χ3v) is 11.2. The molecule has 0 aliphatic carbocycles. The van der Waals surface area contributed by atoms with E-state index in [1.807, 2.05) is 73.6 Å². The molecule has 1 atom stereocenters. The number of unbranched alkanes of at least 4 members (excludes halogenated alkanes) is 2. The summed E-state index contributed by atoms with van der Waals surface area (Å²) < 4.78 is 3.52. The highest BCUT2D eigenvalue weighted by Gasteiger charge is 2.32. The van der Waals surface area contributed by atoms with E-state index in [4.69, 9.17) is 5.10 Å². The Hall–Kier alpha value is -5.00. The minimum atomic E-state index is -0.944. The molecule has 1 unspecified atom stereocenters. The molecule has 1 aliphatic heterocycles. The zero-order valence-electron chi connectivity index (χ0n) is 30.2. The van der Waals surface area contributed by atoms with Crippen LogP contribution in [-0.2, 0) is 20.0 Å². The molecule has 2 aromatic heterocycles. The fraction of sp³-hybridized carbons (Fsp3) is 0.350. The van der Waals surface area contributed by atoms with Crippen LogP contribution in [0, 0.1) is 6.92 Å². The molecule has 0 spiro atoms. The number of benzene rings is 3. The van der Waals surface area contributed by atoms with Crippen LogP contribution in [0.5, 0.6) is 0 Å². The van der Waals surface area contributed by atoms with Crippen molar-refractivity contribution < 1.29 is 14.7 Å². The molecule has 11 heteroatoms. The van der Waals surface area contributed by atoms with Gasteiger partial charge in [-0.15, -0.1) is 0 Å². The van der Waals surface area contributed by atoms with Gasteiger partial charge in [-0.1, -0.05) is 75.2 Å². The number of aromatic nitrogens is 4. The highest BCUT2D eigenvalue weighted by molar-refractivity contribution is 6.56. The molecule has 2 amide bonds. The molecule has 0 saturated carbocycles. The number of nitrogens with one attached hydrogen (secondary N) is 1. The molecule has 0 bridgehead atoms. The summed E-state index contributed by atoms with van der Waals surface area (Å²) in [5.41, 5.74) is 7.29. The number of aryl methyl sites for hydroxylation is 2. The molecule has 3 aromatic carbocycles. The molecule has 3 heterocycles. The van der Waals surface area contributed by atoms with Crippen molar-refractivity contribution in [1.29, 1.82) is 0 Å². The lowest BCUT2D eigenvalue weighted by Gasteiger charge is -2.36. The molecule has 51 heavy (non-hydrogen) atoms. The monoisotopic (exact) mass is 703 g/mol. The number of aliphatic hydroxyl groups excluding tert-OH is 1. The van der Waals surface area contributed by atoms with E-state index in [1.165, 1.54) is 5.19 Å². The minimum Gasteiger partial charge on any atom is -0.412 e. The molecule has 0 saturated heterocycles. The third kappa shape index (κ3) is 8.16. The van der Waals surface area contributed by atoms with E-state index in [9.17, 15) is 14.7 Å². The van der Waals surface area contributed by atoms with E-state index >= 15 is 0 Å². The molecule has 1 aliphatic rings. The van der Waals surface area contributed by atoms with Gasteiger partial charge in [-0.2, -0.15) is 10.2 Å². The summed E-state index contributed by atoms with van der Waals surface area (Å²) in [5, 5.41) is 21.0. The predicted octanol–water partition coefficient (Wildman–Crippen LogP) is 5.00. The number of hydrogen-bond donors (Lipinski definition) is 2. The lowest BCUT2D eigenvalue weighted by molar-refractivity contribution is 0.0544. The maximum Gasteiger partial charge on any atom is 0.274 e. The lowest BCUT2D eigenvalue weighted by atomic mass is 9.93. The van der Waals surface area contributed by atoms with Gasteiger partial charge in [0.05, 0.1) is 29.6 Å². The normalized spacial score (nSPS) is 14.2. The molecule has 2 N–H and O–H groups in total. The minimum absolute atomic E-state index is 0.0852. The van der Waals surface area contributed by atoms with Gasteiger partial charge < -0.3 is 19.9 Å². The topological polar surface area (TPSA) is 109 Å². The summed E-state index contributed by atoms with van der Waals surface area (Å²) in [6.45, 7) is 7.83. The zero-order valence-corrected chi connectivity index (χ0v) is 31.6. The van der Waals surface area contributed by atoms with Gasteiger partial charge in [-0.3, -0.25) is 14.3 Å². The van der Waals surface area contributed by atoms with Gasteiger partial charge in [0.1, 0.15) is 0 Å². The average Bonchev–Trinajstić information content (AvgIpc) is 3.78. The van der Waals surface area contributed by atoms with E-state index in [0.717, 1.165) is 59.4 Å². The molecular weight excluding hydrogens is 655 g/mol. The fourth-order valence-electron chi connectivity index (χ4n) is 6.71. The standard InChI is InChI=1S/C40H49N7O3Si/c1-5-7-20-45(21-8-6-2)40(50)37-23-28(3)47(42-37)38-18-15-32(43-51-34-16-13-29(14-17-34)36-19-22-44(4)41-36)25-35(38)39(49)46-26-31-12-10-9-11-30(31)24-33(46)27-48/h9-19,22-23,25,33,43,48H,5-8,20-21,24,26-27,51H2,1-4H3. The molecule has 0 radical (unpaired) electrons. The summed E-state index contributed by atoms with van der Waals surface area (Å²) in [5.74, 6) is -0.267. The van der Waals surface area contributed by atoms with Crippen molar-refractivity contribution in [2.45, 2.75) is 65.5 Å². The van der Waals surface area contributed by atoms with E-state index in [0.29, 0.717) is 43.0 Å². The number of hydrogen-bond acceptors (Lipinski definition) is 6. The molecule has 0 fully saturated rings. The molecule has 266 valence electrons. The average molecular weight is 704 g/mol. The number of anilines is 1. The summed E-state index contributed by atoms with van der Waals surface area (Å²) >= 11 is 0. The maximum atomic E-state index is 14.6. The van der Waals surface area contributed by atoms with Crippen molar-refractivity contribution in [3.8, 4) is 16.9 Å². The Labute approximate surface area is 303 Å². The lowest BCUT2D eigenvalue weighted by Crippen LogP contribution is -2.46. The Bertz CT molecular complexity index is 1960. The Morgan fingerprint density at radius 2 is 1.67 bits per heavy atom. The van der Waals surface area contributed by atoms with Crippen LogP contribution < -0.4 is 10.2 Å². The second kappa shape index (κ2) is 16.3. The third-order valence-electron chi connectivity index (χ3n) is 9.70. The Morgan fingerprint density at radius 1 is 0.941 bits per heavy atom. The van der Waals surface area contributed by atoms with Gasteiger partial charge >= 0.3 is 0 Å². The second-order valence-electron chi connectivity index (χ2n) is 13.5. The van der Waals surface area contributed by atoms with E-state index in [2.05, 4.69) is 54.3 Å². The molecule has 10 nitrogen and oxygen atoms in total. The zero-order chi connectivity index (χ0) is 35.9. The van der Waals surface area contributed by atoms with Crippen LogP contribution in [0.4, 0.5) is 5.69 Å². The highest BCUT2D eigenvalue weighted by Crippen LogP contribution is 2.29. The van der Waals surface area contributed by atoms with Gasteiger partial charge in [-0.05, 0) is 72.8 Å². The Kier molecular flexibility index (Phi) is 11.5. The molecular formula is C40H49N7O3Si. The van der Waals surface area contributed by atoms with Crippen LogP contribution in [0.3, 0.4) is 0 Å². The first-order valence-electron chi connectivity index (χ1n) is 18.1. The summed E-state index contributed by atoms with van der Waals surface area (Å²) in [4.78, 5) is 35.7. The van der Waals surface area contributed by atoms with E-state index in [-0.39, 0.29) is 24.5 Å². The van der Waals surface area contributed by atoms with Gasteiger partial charge in [0.2, 0.25) is 0 Å². The van der Waals surface area contributed by atoms with E-state index < -0.39 is 9.68 Å². The van der Waals surface area contributed by atoms with Crippen LogP contribution in [0.2, 0.25) is 0 Å². The highest BCUT2D eigenvalue weighted by atomic mass is 28.2. The van der Waals surface area contributed by atoms with Gasteiger partial charge in [-0.25, -0.2) is 4.68 Å². The van der Waals surface area contributed by atoms with Gasteiger partial charge in [0.15, 0.2) is 15.4 Å². The van der Waals surface area contributed by atoms with Crippen LogP contribution in [0.1, 0.15) is 77.2 Å². The van der Waals surface area contributed by atoms with Crippen LogP contribution in [0.15, 0.2) is 85.1 Å². The fourth-order valence-corrected chi connectivity index (χ4v) is 7.81. The Morgan fingerprint density at radius 3 is 2.33 bits per heavy atom. The quantitative estimate of drug-likeness (QED) is 0.158.